The van der Waals surface area contributed by atoms with E-state index in [0.717, 1.165) is 18.9 Å². The molecule has 1 aromatic rings. The van der Waals surface area contributed by atoms with Gasteiger partial charge in [0.25, 0.3) is 0 Å². The highest BCUT2D eigenvalue weighted by Crippen LogP contribution is 2.23. The molecule has 0 spiro atoms. The van der Waals surface area contributed by atoms with Gasteiger partial charge >= 0.3 is 0 Å². The lowest BCUT2D eigenvalue weighted by molar-refractivity contribution is 0.481. The quantitative estimate of drug-likeness (QED) is 0.879. The number of aromatic nitrogens is 1. The van der Waals surface area contributed by atoms with Crippen molar-refractivity contribution < 1.29 is 0 Å². The van der Waals surface area contributed by atoms with Gasteiger partial charge in [0.1, 0.15) is 5.82 Å². The summed E-state index contributed by atoms with van der Waals surface area (Å²) in [6, 6.07) is 5.42. The van der Waals surface area contributed by atoms with Gasteiger partial charge < -0.3 is 10.2 Å². The number of rotatable bonds is 5. The van der Waals surface area contributed by atoms with Gasteiger partial charge in [-0.15, -0.1) is 0 Å². The molecule has 1 aromatic heterocycles. The zero-order chi connectivity index (χ0) is 13.7. The standard InChI is InChI=1S/C16H27N3/c1-4-10-17-14(3)15-8-9-16(18-12-15)19-11-6-5-7-13(19)2/h8-9,12-14,17H,4-7,10-11H2,1-3H3. The molecule has 1 N–H and O–H groups in total. The summed E-state index contributed by atoms with van der Waals surface area (Å²) in [5, 5.41) is 3.50. The molecule has 0 aromatic carbocycles. The van der Waals surface area contributed by atoms with E-state index in [1.807, 2.05) is 6.20 Å². The molecule has 0 bridgehead atoms. The number of nitrogens with one attached hydrogen (secondary N) is 1. The van der Waals surface area contributed by atoms with E-state index >= 15 is 0 Å². The van der Waals surface area contributed by atoms with Crippen LogP contribution in [0.2, 0.25) is 0 Å². The van der Waals surface area contributed by atoms with E-state index in [9.17, 15) is 0 Å². The van der Waals surface area contributed by atoms with Crippen molar-refractivity contribution >= 4 is 5.82 Å². The van der Waals surface area contributed by atoms with Crippen molar-refractivity contribution in [1.29, 1.82) is 0 Å². The van der Waals surface area contributed by atoms with Crippen molar-refractivity contribution in [3.8, 4) is 0 Å². The Balaban J connectivity index is 2.01. The molecule has 3 heteroatoms. The molecule has 1 fully saturated rings. The van der Waals surface area contributed by atoms with Crippen molar-refractivity contribution in [2.45, 2.75) is 58.5 Å². The highest BCUT2D eigenvalue weighted by molar-refractivity contribution is 5.41. The average Bonchev–Trinajstić information content (AvgIpc) is 2.45. The van der Waals surface area contributed by atoms with Gasteiger partial charge in [0.05, 0.1) is 0 Å². The number of hydrogen-bond donors (Lipinski definition) is 1. The fourth-order valence-corrected chi connectivity index (χ4v) is 2.74. The molecule has 1 aliphatic heterocycles. The van der Waals surface area contributed by atoms with Crippen molar-refractivity contribution in [3.63, 3.8) is 0 Å². The molecule has 106 valence electrons. The van der Waals surface area contributed by atoms with E-state index in [1.165, 1.54) is 31.2 Å². The fourth-order valence-electron chi connectivity index (χ4n) is 2.74. The minimum atomic E-state index is 0.389. The second-order valence-corrected chi connectivity index (χ2v) is 5.66. The fraction of sp³-hybridized carbons (Fsp3) is 0.688. The first kappa shape index (κ1) is 14.3. The molecule has 2 rings (SSSR count). The van der Waals surface area contributed by atoms with Crippen molar-refractivity contribution in [2.24, 2.45) is 0 Å². The monoisotopic (exact) mass is 261 g/mol. The van der Waals surface area contributed by atoms with E-state index in [2.05, 4.69) is 48.1 Å². The topological polar surface area (TPSA) is 28.2 Å². The Labute approximate surface area is 117 Å². The van der Waals surface area contributed by atoms with Crippen molar-refractivity contribution in [1.82, 2.24) is 10.3 Å². The van der Waals surface area contributed by atoms with Crippen LogP contribution in [0.4, 0.5) is 5.82 Å². The van der Waals surface area contributed by atoms with Crippen molar-refractivity contribution in [3.05, 3.63) is 23.9 Å². The van der Waals surface area contributed by atoms with Gasteiger partial charge in [0.2, 0.25) is 0 Å². The van der Waals surface area contributed by atoms with Gasteiger partial charge in [-0.3, -0.25) is 0 Å². The minimum absolute atomic E-state index is 0.389. The van der Waals surface area contributed by atoms with Crippen LogP contribution in [0.25, 0.3) is 0 Å². The van der Waals surface area contributed by atoms with Crippen LogP contribution in [0, 0.1) is 0 Å². The van der Waals surface area contributed by atoms with Gasteiger partial charge in [-0.1, -0.05) is 13.0 Å². The third-order valence-corrected chi connectivity index (χ3v) is 4.07. The first-order valence-electron chi connectivity index (χ1n) is 7.68. The zero-order valence-corrected chi connectivity index (χ0v) is 12.5. The lowest BCUT2D eigenvalue weighted by atomic mass is 10.0. The molecule has 1 aliphatic rings. The SMILES string of the molecule is CCCNC(C)c1ccc(N2CCCCC2C)nc1. The molecule has 3 nitrogen and oxygen atoms in total. The van der Waals surface area contributed by atoms with Crippen LogP contribution in [0.1, 0.15) is 58.1 Å². The Morgan fingerprint density at radius 3 is 2.89 bits per heavy atom. The summed E-state index contributed by atoms with van der Waals surface area (Å²) in [4.78, 5) is 7.11. The summed E-state index contributed by atoms with van der Waals surface area (Å²) < 4.78 is 0. The van der Waals surface area contributed by atoms with Crippen LogP contribution < -0.4 is 10.2 Å². The maximum atomic E-state index is 4.67. The van der Waals surface area contributed by atoms with Gasteiger partial charge in [-0.2, -0.15) is 0 Å². The molecule has 19 heavy (non-hydrogen) atoms. The van der Waals surface area contributed by atoms with Crippen LogP contribution in [0.3, 0.4) is 0 Å². The van der Waals surface area contributed by atoms with E-state index in [1.54, 1.807) is 0 Å². The Morgan fingerprint density at radius 1 is 1.42 bits per heavy atom. The van der Waals surface area contributed by atoms with Crippen LogP contribution in [-0.2, 0) is 0 Å². The Kier molecular flexibility index (Phi) is 5.20. The van der Waals surface area contributed by atoms with E-state index in [4.69, 9.17) is 0 Å². The molecule has 0 radical (unpaired) electrons. The predicted molar refractivity (Wildman–Crippen MR) is 81.6 cm³/mol. The van der Waals surface area contributed by atoms with Gasteiger partial charge in [-0.25, -0.2) is 4.98 Å². The molecule has 2 heterocycles. The lowest BCUT2D eigenvalue weighted by Gasteiger charge is -2.34. The van der Waals surface area contributed by atoms with Crippen LogP contribution in [0.15, 0.2) is 18.3 Å². The summed E-state index contributed by atoms with van der Waals surface area (Å²) in [6.45, 7) is 8.91. The average molecular weight is 261 g/mol. The number of nitrogens with zero attached hydrogens (tertiary/aromatic N) is 2. The predicted octanol–water partition coefficient (Wildman–Crippen LogP) is 3.52. The van der Waals surface area contributed by atoms with Gasteiger partial charge in [0.15, 0.2) is 0 Å². The van der Waals surface area contributed by atoms with E-state index < -0.39 is 0 Å². The highest BCUT2D eigenvalue weighted by Gasteiger charge is 2.19. The van der Waals surface area contributed by atoms with Crippen molar-refractivity contribution in [2.75, 3.05) is 18.0 Å². The Hall–Kier alpha value is -1.09. The van der Waals surface area contributed by atoms with Gasteiger partial charge in [0, 0.05) is 24.8 Å². The van der Waals surface area contributed by atoms with E-state index in [-0.39, 0.29) is 0 Å². The van der Waals surface area contributed by atoms with Gasteiger partial charge in [-0.05, 0) is 57.7 Å². The number of piperidine rings is 1. The Bertz CT molecular complexity index is 374. The smallest absolute Gasteiger partial charge is 0.128 e. The minimum Gasteiger partial charge on any atom is -0.354 e. The lowest BCUT2D eigenvalue weighted by Crippen LogP contribution is -2.37. The summed E-state index contributed by atoms with van der Waals surface area (Å²) in [7, 11) is 0. The number of anilines is 1. The molecule has 2 atom stereocenters. The molecular weight excluding hydrogens is 234 g/mol. The summed E-state index contributed by atoms with van der Waals surface area (Å²) in [6.07, 6.45) is 7.14. The highest BCUT2D eigenvalue weighted by atomic mass is 15.2. The largest absolute Gasteiger partial charge is 0.354 e. The molecule has 0 amide bonds. The Morgan fingerprint density at radius 2 is 2.26 bits per heavy atom. The number of pyridine rings is 1. The third-order valence-electron chi connectivity index (χ3n) is 4.07. The molecule has 0 aliphatic carbocycles. The maximum Gasteiger partial charge on any atom is 0.128 e. The van der Waals surface area contributed by atoms with Crippen LogP contribution in [0.5, 0.6) is 0 Å². The van der Waals surface area contributed by atoms with E-state index in [0.29, 0.717) is 12.1 Å². The molecular formula is C16H27N3. The zero-order valence-electron chi connectivity index (χ0n) is 12.5. The molecule has 0 saturated carbocycles. The molecule has 2 unspecified atom stereocenters. The molecule has 1 saturated heterocycles. The first-order valence-corrected chi connectivity index (χ1v) is 7.68. The first-order chi connectivity index (χ1) is 9.22. The second kappa shape index (κ2) is 6.90. The van der Waals surface area contributed by atoms with Crippen LogP contribution in [-0.4, -0.2) is 24.1 Å². The second-order valence-electron chi connectivity index (χ2n) is 5.66. The summed E-state index contributed by atoms with van der Waals surface area (Å²) in [5.41, 5.74) is 1.28. The normalized spacial score (nSPS) is 21.4. The third kappa shape index (κ3) is 3.69. The number of hydrogen-bond acceptors (Lipinski definition) is 3. The van der Waals surface area contributed by atoms with Crippen LogP contribution >= 0.6 is 0 Å². The summed E-state index contributed by atoms with van der Waals surface area (Å²) >= 11 is 0. The summed E-state index contributed by atoms with van der Waals surface area (Å²) in [5.74, 6) is 1.14. The maximum absolute atomic E-state index is 4.67.